The van der Waals surface area contributed by atoms with Crippen LogP contribution in [0.4, 0.5) is 0 Å². The van der Waals surface area contributed by atoms with Crippen molar-refractivity contribution in [3.05, 3.63) is 100 Å². The van der Waals surface area contributed by atoms with Gasteiger partial charge in [0, 0.05) is 25.5 Å². The first-order chi connectivity index (χ1) is 20.0. The van der Waals surface area contributed by atoms with Gasteiger partial charge in [0.25, 0.3) is 11.8 Å². The Morgan fingerprint density at radius 2 is 2.02 bits per heavy atom. The summed E-state index contributed by atoms with van der Waals surface area (Å²) in [6.07, 6.45) is 4.72. The maximum Gasteiger partial charge on any atom is 0.257 e. The summed E-state index contributed by atoms with van der Waals surface area (Å²) in [5.41, 5.74) is 3.93. The first-order valence-electron chi connectivity index (χ1n) is 13.5. The molecule has 4 aromatic rings. The highest BCUT2D eigenvalue weighted by molar-refractivity contribution is 6.34. The maximum absolute atomic E-state index is 14.3. The van der Waals surface area contributed by atoms with Crippen molar-refractivity contribution in [1.82, 2.24) is 20.0 Å². The third-order valence-electron chi connectivity index (χ3n) is 7.31. The molecule has 210 valence electrons. The van der Waals surface area contributed by atoms with Crippen LogP contribution in [0.1, 0.15) is 39.5 Å². The van der Waals surface area contributed by atoms with E-state index in [1.54, 1.807) is 30.1 Å². The van der Waals surface area contributed by atoms with Gasteiger partial charge in [0.1, 0.15) is 5.75 Å². The van der Waals surface area contributed by atoms with E-state index in [9.17, 15) is 9.59 Å². The first kappa shape index (κ1) is 26.7. The van der Waals surface area contributed by atoms with Gasteiger partial charge in [-0.05, 0) is 78.1 Å². The Hall–Kier alpha value is -4.50. The number of nitrogens with zero attached hydrogens (tertiary/aromatic N) is 3. The van der Waals surface area contributed by atoms with Gasteiger partial charge in [-0.2, -0.15) is 5.10 Å². The molecule has 7 rings (SSSR count). The lowest BCUT2D eigenvalue weighted by Gasteiger charge is -2.38. The number of nitrogens with one attached hydrogen (secondary N) is 1. The molecule has 0 saturated carbocycles. The molecule has 0 spiro atoms. The van der Waals surface area contributed by atoms with Gasteiger partial charge in [0.2, 0.25) is 0 Å². The number of carbonyl (C=O) groups excluding carboxylic acids is 2. The lowest BCUT2D eigenvalue weighted by Crippen LogP contribution is -2.41. The summed E-state index contributed by atoms with van der Waals surface area (Å²) in [7, 11) is 1.56. The summed E-state index contributed by atoms with van der Waals surface area (Å²) >= 11 is 6.62. The highest BCUT2D eigenvalue weighted by Gasteiger charge is 2.35. The number of rotatable bonds is 3. The van der Waals surface area contributed by atoms with Crippen LogP contribution in [0.5, 0.6) is 17.2 Å². The Balaban J connectivity index is 1.46. The number of amides is 2. The Bertz CT molecular complexity index is 1590. The molecule has 0 saturated heterocycles. The molecule has 4 heterocycles. The van der Waals surface area contributed by atoms with E-state index in [-0.39, 0.29) is 18.4 Å². The molecule has 0 fully saturated rings. The lowest BCUT2D eigenvalue weighted by atomic mass is 9.87. The molecule has 0 radical (unpaired) electrons. The molecular formula is C31H29ClN4O5. The van der Waals surface area contributed by atoms with E-state index in [4.69, 9.17) is 25.8 Å². The van der Waals surface area contributed by atoms with Crippen molar-refractivity contribution in [3.8, 4) is 22.9 Å². The van der Waals surface area contributed by atoms with E-state index in [1.165, 1.54) is 0 Å². The molecule has 1 atom stereocenters. The minimum Gasteiger partial charge on any atom is -0.494 e. The van der Waals surface area contributed by atoms with E-state index < -0.39 is 6.04 Å². The number of ether oxygens (including phenoxy) is 3. The summed E-state index contributed by atoms with van der Waals surface area (Å²) in [5.74, 6) is 1.23. The standard InChI is InChI=1S/C31H29ClN4O5/c1-39-27-18-24-20-9-13-35(31(38)25-17-22(7-8-26(25)32)36-12-3-11-34-36)30(24)21-5-2-6-23(15-21)40-14-4-10-33-29(37)19-41-28(27)16-20/h2-3,5-8,11-12,15-18,30H,4,9-10,13-14,19H2,1H3,(H,33,37). The van der Waals surface area contributed by atoms with Crippen molar-refractivity contribution in [2.24, 2.45) is 0 Å². The second-order valence-electron chi connectivity index (χ2n) is 9.88. The summed E-state index contributed by atoms with van der Waals surface area (Å²) in [4.78, 5) is 28.5. The fourth-order valence-electron chi connectivity index (χ4n) is 5.33. The van der Waals surface area contributed by atoms with Crippen molar-refractivity contribution in [2.45, 2.75) is 18.9 Å². The predicted molar refractivity (Wildman–Crippen MR) is 153 cm³/mol. The van der Waals surface area contributed by atoms with Crippen LogP contribution in [0.15, 0.2) is 73.1 Å². The predicted octanol–water partition coefficient (Wildman–Crippen LogP) is 4.60. The summed E-state index contributed by atoms with van der Waals surface area (Å²) in [6.45, 7) is 1.21. The number of methoxy groups -OCH3 is 1. The number of hydrogen-bond donors (Lipinski definition) is 1. The molecule has 3 aromatic carbocycles. The van der Waals surface area contributed by atoms with Gasteiger partial charge in [0.05, 0.1) is 36.0 Å². The van der Waals surface area contributed by atoms with Crippen molar-refractivity contribution in [3.63, 3.8) is 0 Å². The molecule has 6 bridgehead atoms. The highest BCUT2D eigenvalue weighted by atomic mass is 35.5. The van der Waals surface area contributed by atoms with Crippen LogP contribution in [0, 0.1) is 0 Å². The van der Waals surface area contributed by atoms with Crippen LogP contribution in [-0.2, 0) is 11.2 Å². The highest BCUT2D eigenvalue weighted by Crippen LogP contribution is 2.42. The fourth-order valence-corrected chi connectivity index (χ4v) is 5.53. The average Bonchev–Trinajstić information content (AvgIpc) is 3.53. The molecular weight excluding hydrogens is 544 g/mol. The Morgan fingerprint density at radius 1 is 1.12 bits per heavy atom. The van der Waals surface area contributed by atoms with Crippen LogP contribution < -0.4 is 19.5 Å². The number of halogens is 1. The van der Waals surface area contributed by atoms with Crippen molar-refractivity contribution >= 4 is 23.4 Å². The quantitative estimate of drug-likeness (QED) is 0.386. The van der Waals surface area contributed by atoms with E-state index in [0.29, 0.717) is 60.4 Å². The van der Waals surface area contributed by atoms with Crippen LogP contribution in [-0.4, -0.2) is 59.9 Å². The largest absolute Gasteiger partial charge is 0.494 e. The van der Waals surface area contributed by atoms with Crippen molar-refractivity contribution in [1.29, 1.82) is 0 Å². The van der Waals surface area contributed by atoms with E-state index in [2.05, 4.69) is 10.4 Å². The van der Waals surface area contributed by atoms with E-state index in [1.807, 2.05) is 59.6 Å². The minimum atomic E-state index is -0.446. The van der Waals surface area contributed by atoms with Gasteiger partial charge in [-0.25, -0.2) is 4.68 Å². The minimum absolute atomic E-state index is 0.131. The smallest absolute Gasteiger partial charge is 0.257 e. The monoisotopic (exact) mass is 572 g/mol. The van der Waals surface area contributed by atoms with E-state index in [0.717, 1.165) is 22.4 Å². The molecule has 10 heteroatoms. The van der Waals surface area contributed by atoms with Gasteiger partial charge in [-0.3, -0.25) is 9.59 Å². The zero-order valence-corrected chi connectivity index (χ0v) is 23.3. The summed E-state index contributed by atoms with van der Waals surface area (Å²) in [5, 5.41) is 7.51. The number of aromatic nitrogens is 2. The van der Waals surface area contributed by atoms with Crippen molar-refractivity contribution in [2.75, 3.05) is 33.4 Å². The van der Waals surface area contributed by atoms with E-state index >= 15 is 0 Å². The zero-order valence-electron chi connectivity index (χ0n) is 22.5. The zero-order chi connectivity index (χ0) is 28.3. The van der Waals surface area contributed by atoms with Gasteiger partial charge in [-0.1, -0.05) is 23.7 Å². The first-order valence-corrected chi connectivity index (χ1v) is 13.8. The molecule has 9 nitrogen and oxygen atoms in total. The molecule has 3 aliphatic heterocycles. The molecule has 1 aromatic heterocycles. The van der Waals surface area contributed by atoms with Crippen LogP contribution >= 0.6 is 11.6 Å². The SMILES string of the molecule is COc1cc2c3cc1OCC(=O)NCCCOc1cccc(c1)C2N(C(=O)c1cc(-n2cccn2)ccc1Cl)CC3. The second-order valence-corrected chi connectivity index (χ2v) is 10.3. The van der Waals surface area contributed by atoms with Gasteiger partial charge < -0.3 is 24.4 Å². The van der Waals surface area contributed by atoms with Gasteiger partial charge in [-0.15, -0.1) is 0 Å². The Morgan fingerprint density at radius 3 is 2.85 bits per heavy atom. The molecule has 2 amide bonds. The number of benzene rings is 3. The van der Waals surface area contributed by atoms with Crippen molar-refractivity contribution < 1.29 is 23.8 Å². The van der Waals surface area contributed by atoms with Crippen LogP contribution in [0.2, 0.25) is 5.02 Å². The number of hydrogen-bond acceptors (Lipinski definition) is 6. The molecule has 3 aliphatic rings. The summed E-state index contributed by atoms with van der Waals surface area (Å²) < 4.78 is 19.3. The van der Waals surface area contributed by atoms with Gasteiger partial charge in [0.15, 0.2) is 18.1 Å². The Labute approximate surface area is 242 Å². The topological polar surface area (TPSA) is 94.9 Å². The Kier molecular flexibility index (Phi) is 7.52. The number of carbonyl (C=O) groups is 2. The molecule has 1 N–H and O–H groups in total. The molecule has 41 heavy (non-hydrogen) atoms. The maximum atomic E-state index is 14.3. The molecule has 1 unspecified atom stereocenters. The van der Waals surface area contributed by atoms with Gasteiger partial charge >= 0.3 is 0 Å². The molecule has 0 aliphatic carbocycles. The lowest BCUT2D eigenvalue weighted by molar-refractivity contribution is -0.123. The van der Waals surface area contributed by atoms with Crippen LogP contribution in [0.25, 0.3) is 5.69 Å². The third-order valence-corrected chi connectivity index (χ3v) is 7.64. The number of fused-ring (bicyclic) bond motifs is 8. The second kappa shape index (κ2) is 11.5. The normalized spacial score (nSPS) is 16.9. The van der Waals surface area contributed by atoms with Crippen LogP contribution in [0.3, 0.4) is 0 Å². The average molecular weight is 573 g/mol. The fraction of sp³-hybridized carbons (Fsp3) is 0.258. The third kappa shape index (κ3) is 5.45. The summed E-state index contributed by atoms with van der Waals surface area (Å²) in [6, 6.07) is 18.3.